The van der Waals surface area contributed by atoms with Crippen LogP contribution in [0.3, 0.4) is 0 Å². The van der Waals surface area contributed by atoms with Gasteiger partial charge >= 0.3 is 0 Å². The van der Waals surface area contributed by atoms with Crippen LogP contribution in [0.1, 0.15) is 15.9 Å². The van der Waals surface area contributed by atoms with Gasteiger partial charge in [-0.05, 0) is 55.0 Å². The highest BCUT2D eigenvalue weighted by Crippen LogP contribution is 2.31. The summed E-state index contributed by atoms with van der Waals surface area (Å²) in [6.07, 6.45) is 0. The number of para-hydroxylation sites is 1. The van der Waals surface area contributed by atoms with Gasteiger partial charge in [-0.3, -0.25) is 9.52 Å². The SMILES string of the molecule is COc1cc(Cl)c(C)cc1NC(=O)c1ccc(S(=O)(=O)Nc2ccccc2F)cc1. The molecule has 30 heavy (non-hydrogen) atoms. The van der Waals surface area contributed by atoms with E-state index in [1.54, 1.807) is 19.1 Å². The number of methoxy groups -OCH3 is 1. The van der Waals surface area contributed by atoms with Crippen molar-refractivity contribution in [2.75, 3.05) is 17.1 Å². The number of carbonyl (C=O) groups is 1. The standard InChI is InChI=1S/C21H18ClFN2O4S/c1-13-11-19(20(29-2)12-16(13)22)24-21(26)14-7-9-15(10-8-14)30(27,28)25-18-6-4-3-5-17(18)23/h3-12,25H,1-2H3,(H,24,26). The van der Waals surface area contributed by atoms with Gasteiger partial charge in [-0.25, -0.2) is 12.8 Å². The Balaban J connectivity index is 1.79. The van der Waals surface area contributed by atoms with Gasteiger partial charge in [-0.2, -0.15) is 0 Å². The smallest absolute Gasteiger partial charge is 0.261 e. The molecule has 1 amide bonds. The molecule has 0 heterocycles. The van der Waals surface area contributed by atoms with Gasteiger partial charge < -0.3 is 10.1 Å². The molecule has 0 saturated carbocycles. The lowest BCUT2D eigenvalue weighted by atomic mass is 10.1. The van der Waals surface area contributed by atoms with Crippen molar-refractivity contribution in [2.45, 2.75) is 11.8 Å². The zero-order valence-electron chi connectivity index (χ0n) is 16.1. The molecule has 3 rings (SSSR count). The summed E-state index contributed by atoms with van der Waals surface area (Å²) in [4.78, 5) is 12.5. The van der Waals surface area contributed by atoms with Gasteiger partial charge in [0.25, 0.3) is 15.9 Å². The third-order valence-electron chi connectivity index (χ3n) is 4.27. The van der Waals surface area contributed by atoms with Crippen molar-refractivity contribution in [1.82, 2.24) is 0 Å². The molecule has 0 spiro atoms. The van der Waals surface area contributed by atoms with Crippen molar-refractivity contribution in [3.8, 4) is 5.75 Å². The second-order valence-electron chi connectivity index (χ2n) is 6.37. The minimum Gasteiger partial charge on any atom is -0.495 e. The number of anilines is 2. The quantitative estimate of drug-likeness (QED) is 0.564. The molecule has 0 aromatic heterocycles. The van der Waals surface area contributed by atoms with Crippen LogP contribution in [-0.2, 0) is 10.0 Å². The molecule has 0 aliphatic carbocycles. The van der Waals surface area contributed by atoms with E-state index < -0.39 is 21.7 Å². The van der Waals surface area contributed by atoms with Crippen LogP contribution in [0.5, 0.6) is 5.75 Å². The predicted octanol–water partition coefficient (Wildman–Crippen LogP) is 4.85. The zero-order chi connectivity index (χ0) is 21.9. The van der Waals surface area contributed by atoms with Crippen molar-refractivity contribution in [1.29, 1.82) is 0 Å². The number of sulfonamides is 1. The van der Waals surface area contributed by atoms with E-state index in [1.807, 2.05) is 0 Å². The van der Waals surface area contributed by atoms with Gasteiger partial charge in [-0.15, -0.1) is 0 Å². The van der Waals surface area contributed by atoms with Crippen LogP contribution in [0.2, 0.25) is 5.02 Å². The molecule has 0 saturated heterocycles. The molecule has 0 unspecified atom stereocenters. The number of carbonyl (C=O) groups excluding carboxylic acids is 1. The molecule has 0 aliphatic rings. The average molecular weight is 449 g/mol. The van der Waals surface area contributed by atoms with E-state index in [0.717, 1.165) is 11.6 Å². The molecule has 0 fully saturated rings. The van der Waals surface area contributed by atoms with E-state index in [4.69, 9.17) is 16.3 Å². The number of halogens is 2. The number of nitrogens with one attached hydrogen (secondary N) is 2. The Labute approximate surface area is 178 Å². The molecule has 9 heteroatoms. The normalized spacial score (nSPS) is 11.1. The first kappa shape index (κ1) is 21.6. The minimum atomic E-state index is -4.01. The van der Waals surface area contributed by atoms with E-state index in [1.165, 1.54) is 49.6 Å². The van der Waals surface area contributed by atoms with E-state index >= 15 is 0 Å². The lowest BCUT2D eigenvalue weighted by molar-refractivity contribution is 0.102. The lowest BCUT2D eigenvalue weighted by Crippen LogP contribution is -2.15. The van der Waals surface area contributed by atoms with Crippen molar-refractivity contribution in [3.05, 3.63) is 82.6 Å². The Morgan fingerprint density at radius 2 is 1.70 bits per heavy atom. The zero-order valence-corrected chi connectivity index (χ0v) is 17.6. The molecule has 3 aromatic rings. The Morgan fingerprint density at radius 1 is 1.03 bits per heavy atom. The van der Waals surface area contributed by atoms with Crippen LogP contribution in [-0.4, -0.2) is 21.4 Å². The summed E-state index contributed by atoms with van der Waals surface area (Å²) in [5, 5.41) is 3.22. The molecule has 2 N–H and O–H groups in total. The number of benzene rings is 3. The van der Waals surface area contributed by atoms with Crippen molar-refractivity contribution >= 4 is 38.9 Å². The highest BCUT2D eigenvalue weighted by atomic mass is 35.5. The first-order valence-corrected chi connectivity index (χ1v) is 10.6. The van der Waals surface area contributed by atoms with Gasteiger partial charge in [0.05, 0.1) is 23.4 Å². The molecular weight excluding hydrogens is 431 g/mol. The van der Waals surface area contributed by atoms with E-state index in [0.29, 0.717) is 16.5 Å². The predicted molar refractivity (Wildman–Crippen MR) is 114 cm³/mol. The summed E-state index contributed by atoms with van der Waals surface area (Å²) in [5.41, 5.74) is 1.26. The maximum absolute atomic E-state index is 13.7. The molecule has 0 aliphatic heterocycles. The van der Waals surface area contributed by atoms with Gasteiger partial charge in [-0.1, -0.05) is 23.7 Å². The lowest BCUT2D eigenvalue weighted by Gasteiger charge is -2.13. The van der Waals surface area contributed by atoms with Crippen LogP contribution >= 0.6 is 11.6 Å². The summed E-state index contributed by atoms with van der Waals surface area (Å²) >= 11 is 6.07. The number of amides is 1. The fourth-order valence-electron chi connectivity index (χ4n) is 2.66. The monoisotopic (exact) mass is 448 g/mol. The van der Waals surface area contributed by atoms with Crippen LogP contribution < -0.4 is 14.8 Å². The van der Waals surface area contributed by atoms with E-state index in [9.17, 15) is 17.6 Å². The number of aryl methyl sites for hydroxylation is 1. The van der Waals surface area contributed by atoms with Gasteiger partial charge in [0.15, 0.2) is 0 Å². The average Bonchev–Trinajstić information content (AvgIpc) is 2.72. The van der Waals surface area contributed by atoms with Crippen LogP contribution in [0, 0.1) is 12.7 Å². The van der Waals surface area contributed by atoms with Crippen LogP contribution in [0.4, 0.5) is 15.8 Å². The molecular formula is C21H18ClFN2O4S. The molecule has 0 atom stereocenters. The van der Waals surface area contributed by atoms with Crippen LogP contribution in [0.25, 0.3) is 0 Å². The van der Waals surface area contributed by atoms with Gasteiger partial charge in [0, 0.05) is 16.7 Å². The maximum Gasteiger partial charge on any atom is 0.261 e. The summed E-state index contributed by atoms with van der Waals surface area (Å²) in [5.74, 6) is -0.752. The minimum absolute atomic E-state index is 0.109. The molecule has 3 aromatic carbocycles. The second-order valence-corrected chi connectivity index (χ2v) is 8.46. The van der Waals surface area contributed by atoms with Crippen molar-refractivity contribution < 1.29 is 22.3 Å². The Kier molecular flexibility index (Phi) is 6.28. The summed E-state index contributed by atoms with van der Waals surface area (Å²) in [6, 6.07) is 14.0. The summed E-state index contributed by atoms with van der Waals surface area (Å²) in [6.45, 7) is 1.79. The second kappa shape index (κ2) is 8.73. The maximum atomic E-state index is 13.7. The number of rotatable bonds is 6. The highest BCUT2D eigenvalue weighted by molar-refractivity contribution is 7.92. The van der Waals surface area contributed by atoms with Gasteiger partial charge in [0.1, 0.15) is 11.6 Å². The fraction of sp³-hybridized carbons (Fsp3) is 0.0952. The van der Waals surface area contributed by atoms with E-state index in [2.05, 4.69) is 10.0 Å². The Hall–Kier alpha value is -3.10. The Bertz CT molecular complexity index is 1200. The van der Waals surface area contributed by atoms with Crippen LogP contribution in [0.15, 0.2) is 65.6 Å². The Morgan fingerprint density at radius 3 is 2.33 bits per heavy atom. The number of ether oxygens (including phenoxy) is 1. The number of hydrogen-bond donors (Lipinski definition) is 2. The fourth-order valence-corrected chi connectivity index (χ4v) is 3.88. The molecule has 0 bridgehead atoms. The third kappa shape index (κ3) is 4.72. The molecule has 6 nitrogen and oxygen atoms in total. The summed E-state index contributed by atoms with van der Waals surface area (Å²) in [7, 11) is -2.56. The molecule has 156 valence electrons. The summed E-state index contributed by atoms with van der Waals surface area (Å²) < 4.78 is 46.1. The van der Waals surface area contributed by atoms with Gasteiger partial charge in [0.2, 0.25) is 0 Å². The highest BCUT2D eigenvalue weighted by Gasteiger charge is 2.18. The topological polar surface area (TPSA) is 84.5 Å². The third-order valence-corrected chi connectivity index (χ3v) is 6.06. The van der Waals surface area contributed by atoms with Crippen molar-refractivity contribution in [3.63, 3.8) is 0 Å². The number of hydrogen-bond acceptors (Lipinski definition) is 4. The van der Waals surface area contributed by atoms with E-state index in [-0.39, 0.29) is 16.1 Å². The first-order valence-electron chi connectivity index (χ1n) is 8.74. The first-order chi connectivity index (χ1) is 14.2. The largest absolute Gasteiger partial charge is 0.495 e. The molecule has 0 radical (unpaired) electrons. The van der Waals surface area contributed by atoms with Crippen molar-refractivity contribution in [2.24, 2.45) is 0 Å².